The molecule has 2 aromatic rings. The van der Waals surface area contributed by atoms with Crippen LogP contribution in [0.5, 0.6) is 0 Å². The summed E-state index contributed by atoms with van der Waals surface area (Å²) in [6.45, 7) is 5.54. The summed E-state index contributed by atoms with van der Waals surface area (Å²) in [4.78, 5) is 40.3. The Morgan fingerprint density at radius 1 is 1.03 bits per heavy atom. The van der Waals surface area contributed by atoms with Crippen molar-refractivity contribution in [1.82, 2.24) is 10.2 Å². The van der Waals surface area contributed by atoms with E-state index in [0.717, 1.165) is 16.7 Å². The summed E-state index contributed by atoms with van der Waals surface area (Å²) in [6, 6.07) is 15.5. The van der Waals surface area contributed by atoms with Crippen molar-refractivity contribution in [3.8, 4) is 0 Å². The highest BCUT2D eigenvalue weighted by Crippen LogP contribution is 2.25. The van der Waals surface area contributed by atoms with Crippen LogP contribution in [0.25, 0.3) is 0 Å². The number of carbonyl (C=O) groups excluding carboxylic acids is 3. The first-order chi connectivity index (χ1) is 15.2. The Balaban J connectivity index is 1.90. The molecule has 2 atom stereocenters. The molecule has 1 aliphatic rings. The maximum absolute atomic E-state index is 13.7. The Morgan fingerprint density at radius 3 is 2.28 bits per heavy atom. The van der Waals surface area contributed by atoms with Crippen LogP contribution in [-0.2, 0) is 38.4 Å². The van der Waals surface area contributed by atoms with Crippen molar-refractivity contribution in [3.63, 3.8) is 0 Å². The molecule has 0 saturated heterocycles. The average molecular weight is 439 g/mol. The number of esters is 1. The summed E-state index contributed by atoms with van der Waals surface area (Å²) in [5.74, 6) is -0.840. The average Bonchev–Trinajstić information content (AvgIpc) is 2.76. The summed E-state index contributed by atoms with van der Waals surface area (Å²) in [5.41, 5.74) is 2.15. The van der Waals surface area contributed by atoms with Crippen molar-refractivity contribution in [1.29, 1.82) is 0 Å². The zero-order valence-corrected chi connectivity index (χ0v) is 19.0. The van der Waals surface area contributed by atoms with E-state index >= 15 is 0 Å². The SMILES string of the molecule is COC(=O)[C@@H]1Cc2ccccc2CN1C(=O)C(Cc1ccccc1)NC(=O)OC(C)(C)C. The molecule has 1 heterocycles. The third kappa shape index (κ3) is 5.87. The Morgan fingerprint density at radius 2 is 1.66 bits per heavy atom. The lowest BCUT2D eigenvalue weighted by molar-refractivity contribution is -0.154. The molecule has 1 N–H and O–H groups in total. The third-order valence-corrected chi connectivity index (χ3v) is 5.28. The predicted octanol–water partition coefficient (Wildman–Crippen LogP) is 3.25. The molecule has 0 bridgehead atoms. The fraction of sp³-hybridized carbons (Fsp3) is 0.400. The minimum Gasteiger partial charge on any atom is -0.467 e. The number of nitrogens with one attached hydrogen (secondary N) is 1. The van der Waals surface area contributed by atoms with E-state index in [9.17, 15) is 14.4 Å². The number of fused-ring (bicyclic) bond motifs is 1. The van der Waals surface area contributed by atoms with E-state index in [0.29, 0.717) is 6.42 Å². The molecule has 7 heteroatoms. The first-order valence-electron chi connectivity index (χ1n) is 10.7. The van der Waals surface area contributed by atoms with Crippen LogP contribution in [-0.4, -0.2) is 47.7 Å². The normalized spacial score (nSPS) is 16.5. The Bertz CT molecular complexity index is 968. The Kier molecular flexibility index (Phi) is 7.18. The van der Waals surface area contributed by atoms with E-state index in [1.807, 2.05) is 54.6 Å². The monoisotopic (exact) mass is 438 g/mol. The maximum atomic E-state index is 13.7. The number of amides is 2. The van der Waals surface area contributed by atoms with Gasteiger partial charge in [0.15, 0.2) is 0 Å². The van der Waals surface area contributed by atoms with E-state index in [2.05, 4.69) is 5.32 Å². The van der Waals surface area contributed by atoms with Gasteiger partial charge < -0.3 is 19.7 Å². The zero-order chi connectivity index (χ0) is 23.3. The van der Waals surface area contributed by atoms with Crippen molar-refractivity contribution in [2.24, 2.45) is 0 Å². The zero-order valence-electron chi connectivity index (χ0n) is 19.0. The van der Waals surface area contributed by atoms with Gasteiger partial charge in [0.2, 0.25) is 5.91 Å². The molecule has 2 amide bonds. The van der Waals surface area contributed by atoms with Crippen LogP contribution in [0, 0.1) is 0 Å². The number of hydrogen-bond acceptors (Lipinski definition) is 5. The van der Waals surface area contributed by atoms with Crippen molar-refractivity contribution in [2.45, 2.75) is 57.8 Å². The van der Waals surface area contributed by atoms with Gasteiger partial charge in [-0.3, -0.25) is 4.79 Å². The summed E-state index contributed by atoms with van der Waals surface area (Å²) in [7, 11) is 1.31. The van der Waals surface area contributed by atoms with E-state index in [-0.39, 0.29) is 18.9 Å². The number of benzene rings is 2. The molecular formula is C25H30N2O5. The maximum Gasteiger partial charge on any atom is 0.408 e. The van der Waals surface area contributed by atoms with E-state index in [1.165, 1.54) is 12.0 Å². The van der Waals surface area contributed by atoms with Gasteiger partial charge >= 0.3 is 12.1 Å². The second kappa shape index (κ2) is 9.85. The summed E-state index contributed by atoms with van der Waals surface area (Å²) in [6.07, 6.45) is -0.0527. The van der Waals surface area contributed by atoms with Crippen LogP contribution in [0.3, 0.4) is 0 Å². The highest BCUT2D eigenvalue weighted by Gasteiger charge is 2.39. The van der Waals surface area contributed by atoms with Gasteiger partial charge in [-0.25, -0.2) is 9.59 Å². The number of alkyl carbamates (subject to hydrolysis) is 1. The van der Waals surface area contributed by atoms with Crippen molar-refractivity contribution < 1.29 is 23.9 Å². The topological polar surface area (TPSA) is 84.9 Å². The summed E-state index contributed by atoms with van der Waals surface area (Å²) >= 11 is 0. The first kappa shape index (κ1) is 23.3. The lowest BCUT2D eigenvalue weighted by atomic mass is 9.92. The van der Waals surface area contributed by atoms with Gasteiger partial charge in [-0.15, -0.1) is 0 Å². The largest absolute Gasteiger partial charge is 0.467 e. The van der Waals surface area contributed by atoms with Gasteiger partial charge in [-0.1, -0.05) is 54.6 Å². The van der Waals surface area contributed by atoms with Gasteiger partial charge in [0, 0.05) is 19.4 Å². The van der Waals surface area contributed by atoms with Gasteiger partial charge in [0.05, 0.1) is 7.11 Å². The van der Waals surface area contributed by atoms with Crippen LogP contribution >= 0.6 is 0 Å². The van der Waals surface area contributed by atoms with Crippen molar-refractivity contribution in [3.05, 3.63) is 71.3 Å². The molecule has 0 fully saturated rings. The predicted molar refractivity (Wildman–Crippen MR) is 120 cm³/mol. The van der Waals surface area contributed by atoms with E-state index in [1.54, 1.807) is 20.8 Å². The van der Waals surface area contributed by atoms with Crippen LogP contribution in [0.2, 0.25) is 0 Å². The highest BCUT2D eigenvalue weighted by atomic mass is 16.6. The first-order valence-corrected chi connectivity index (χ1v) is 10.7. The molecule has 1 unspecified atom stereocenters. The third-order valence-electron chi connectivity index (χ3n) is 5.28. The minimum atomic E-state index is -0.898. The molecule has 1 aliphatic heterocycles. The highest BCUT2D eigenvalue weighted by molar-refractivity contribution is 5.90. The number of carbonyl (C=O) groups is 3. The van der Waals surface area contributed by atoms with E-state index < -0.39 is 29.7 Å². The van der Waals surface area contributed by atoms with Crippen molar-refractivity contribution in [2.75, 3.05) is 7.11 Å². The molecule has 0 aromatic heterocycles. The number of methoxy groups -OCH3 is 1. The molecule has 3 rings (SSSR count). The van der Waals surface area contributed by atoms with Crippen molar-refractivity contribution >= 4 is 18.0 Å². The molecule has 32 heavy (non-hydrogen) atoms. The van der Waals surface area contributed by atoms with Crippen LogP contribution in [0.15, 0.2) is 54.6 Å². The number of hydrogen-bond donors (Lipinski definition) is 1. The fourth-order valence-electron chi connectivity index (χ4n) is 3.80. The van der Waals surface area contributed by atoms with Crippen LogP contribution < -0.4 is 5.32 Å². The number of rotatable bonds is 5. The second-order valence-corrected chi connectivity index (χ2v) is 8.87. The molecule has 170 valence electrons. The lowest BCUT2D eigenvalue weighted by Gasteiger charge is -2.37. The fourth-order valence-corrected chi connectivity index (χ4v) is 3.80. The Labute approximate surface area is 188 Å². The lowest BCUT2D eigenvalue weighted by Crippen LogP contribution is -2.56. The standard InChI is InChI=1S/C25H30N2O5/c1-25(2,3)32-24(30)26-20(14-17-10-6-5-7-11-17)22(28)27-16-19-13-9-8-12-18(19)15-21(27)23(29)31-4/h5-13,20-21H,14-16H2,1-4H3,(H,26,30)/t20?,21-/m0/s1. The Hall–Kier alpha value is -3.35. The molecule has 0 radical (unpaired) electrons. The molecular weight excluding hydrogens is 408 g/mol. The minimum absolute atomic E-state index is 0.260. The van der Waals surface area contributed by atoms with Gasteiger partial charge in [0.1, 0.15) is 17.7 Å². The van der Waals surface area contributed by atoms with Gasteiger partial charge in [-0.2, -0.15) is 0 Å². The van der Waals surface area contributed by atoms with Gasteiger partial charge in [-0.05, 0) is 37.5 Å². The molecule has 0 saturated carbocycles. The van der Waals surface area contributed by atoms with Crippen LogP contribution in [0.1, 0.15) is 37.5 Å². The molecule has 0 spiro atoms. The quantitative estimate of drug-likeness (QED) is 0.725. The second-order valence-electron chi connectivity index (χ2n) is 8.87. The number of nitrogens with zero attached hydrogens (tertiary/aromatic N) is 1. The summed E-state index contributed by atoms with van der Waals surface area (Å²) in [5, 5.41) is 2.72. The molecule has 2 aromatic carbocycles. The van der Waals surface area contributed by atoms with Crippen LogP contribution in [0.4, 0.5) is 4.79 Å². The molecule has 7 nitrogen and oxygen atoms in total. The van der Waals surface area contributed by atoms with E-state index in [4.69, 9.17) is 9.47 Å². The molecule has 0 aliphatic carbocycles. The number of ether oxygens (including phenoxy) is 2. The van der Waals surface area contributed by atoms with Gasteiger partial charge in [0.25, 0.3) is 0 Å². The smallest absolute Gasteiger partial charge is 0.408 e. The summed E-state index contributed by atoms with van der Waals surface area (Å²) < 4.78 is 10.4.